The molecule has 5 rings (SSSR count). The van der Waals surface area contributed by atoms with Crippen LogP contribution in [0.4, 0.5) is 11.4 Å². The second-order valence-electron chi connectivity index (χ2n) is 8.53. The van der Waals surface area contributed by atoms with Crippen LogP contribution in [0.15, 0.2) is 45.9 Å². The van der Waals surface area contributed by atoms with Gasteiger partial charge in [0.25, 0.3) is 0 Å². The number of hydrogen-bond donors (Lipinski definition) is 1. The number of piperazine rings is 1. The Morgan fingerprint density at radius 3 is 2.67 bits per heavy atom. The van der Waals surface area contributed by atoms with Gasteiger partial charge in [-0.3, -0.25) is 14.7 Å². The van der Waals surface area contributed by atoms with Crippen LogP contribution in [0, 0.1) is 12.8 Å². The molecule has 1 fully saturated rings. The molecule has 0 aliphatic carbocycles. The summed E-state index contributed by atoms with van der Waals surface area (Å²) in [5, 5.41) is 3.16. The first kappa shape index (κ1) is 19.8. The van der Waals surface area contributed by atoms with E-state index in [1.165, 1.54) is 16.8 Å². The number of carbonyl (C=O) groups excluding carboxylic acids is 1. The Morgan fingerprint density at radius 2 is 1.90 bits per heavy atom. The number of nitrogens with one attached hydrogen (secondary N) is 1. The second-order valence-corrected chi connectivity index (χ2v) is 9.44. The Bertz CT molecular complexity index is 993. The maximum absolute atomic E-state index is 12.6. The van der Waals surface area contributed by atoms with Gasteiger partial charge in [0.15, 0.2) is 0 Å². The van der Waals surface area contributed by atoms with Crippen molar-refractivity contribution >= 4 is 38.9 Å². The van der Waals surface area contributed by atoms with Crippen LogP contribution < -0.4 is 10.2 Å². The van der Waals surface area contributed by atoms with Crippen LogP contribution in [0.25, 0.3) is 0 Å². The highest BCUT2D eigenvalue weighted by molar-refractivity contribution is 9.10. The van der Waals surface area contributed by atoms with Gasteiger partial charge in [-0.2, -0.15) is 0 Å². The molecule has 0 saturated carbocycles. The number of nitrogens with zero attached hydrogens (tertiary/aromatic N) is 3. The predicted molar refractivity (Wildman–Crippen MR) is 126 cm³/mol. The van der Waals surface area contributed by atoms with Crippen molar-refractivity contribution in [2.45, 2.75) is 26.3 Å². The van der Waals surface area contributed by atoms with E-state index in [1.54, 1.807) is 0 Å². The molecule has 0 spiro atoms. The highest BCUT2D eigenvalue weighted by Gasteiger charge is 2.34. The Morgan fingerprint density at radius 1 is 1.13 bits per heavy atom. The lowest BCUT2D eigenvalue weighted by Crippen LogP contribution is -2.46. The average Bonchev–Trinajstić information content (AvgIpc) is 2.75. The molecule has 3 heterocycles. The number of amides is 1. The van der Waals surface area contributed by atoms with Crippen LogP contribution in [-0.2, 0) is 11.3 Å². The number of benzene rings is 2. The van der Waals surface area contributed by atoms with Crippen LogP contribution in [0.5, 0.6) is 0 Å². The van der Waals surface area contributed by atoms with Crippen molar-refractivity contribution in [3.8, 4) is 0 Å². The summed E-state index contributed by atoms with van der Waals surface area (Å²) in [6.07, 6.45) is 1.91. The molecule has 1 atom stereocenters. The van der Waals surface area contributed by atoms with Gasteiger partial charge < -0.3 is 10.2 Å². The summed E-state index contributed by atoms with van der Waals surface area (Å²) in [5.74, 6) is 0.0445. The molecular formula is C24H27BrN4O. The summed E-state index contributed by atoms with van der Waals surface area (Å²) >= 11 is 3.51. The van der Waals surface area contributed by atoms with Crippen molar-refractivity contribution in [1.29, 1.82) is 0 Å². The number of halogens is 1. The molecule has 2 aromatic rings. The largest absolute Gasteiger partial charge is 0.369 e. The van der Waals surface area contributed by atoms with Crippen molar-refractivity contribution in [3.63, 3.8) is 0 Å². The monoisotopic (exact) mass is 466 g/mol. The van der Waals surface area contributed by atoms with Crippen molar-refractivity contribution in [2.24, 2.45) is 10.9 Å². The first-order valence-corrected chi connectivity index (χ1v) is 11.6. The Balaban J connectivity index is 1.29. The average molecular weight is 467 g/mol. The Kier molecular flexibility index (Phi) is 5.37. The third kappa shape index (κ3) is 3.79. The van der Waals surface area contributed by atoms with Gasteiger partial charge in [-0.25, -0.2) is 0 Å². The van der Waals surface area contributed by atoms with E-state index in [9.17, 15) is 4.79 Å². The Hall–Kier alpha value is -2.18. The molecule has 6 heteroatoms. The van der Waals surface area contributed by atoms with Gasteiger partial charge in [-0.05, 0) is 61.2 Å². The summed E-state index contributed by atoms with van der Waals surface area (Å²) in [4.78, 5) is 22.3. The molecule has 1 N–H and O–H groups in total. The van der Waals surface area contributed by atoms with Gasteiger partial charge in [-0.15, -0.1) is 0 Å². The van der Waals surface area contributed by atoms with E-state index in [0.717, 1.165) is 73.5 Å². The lowest BCUT2D eigenvalue weighted by atomic mass is 9.83. The number of carbonyl (C=O) groups is 1. The highest BCUT2D eigenvalue weighted by atomic mass is 79.9. The maximum atomic E-state index is 12.6. The Labute approximate surface area is 186 Å². The van der Waals surface area contributed by atoms with Gasteiger partial charge >= 0.3 is 0 Å². The molecule has 0 bridgehead atoms. The van der Waals surface area contributed by atoms with Gasteiger partial charge in [0.1, 0.15) is 0 Å². The molecule has 1 unspecified atom stereocenters. The smallest absolute Gasteiger partial charge is 0.233 e. The fourth-order valence-corrected chi connectivity index (χ4v) is 5.20. The van der Waals surface area contributed by atoms with E-state index in [-0.39, 0.29) is 11.8 Å². The standard InChI is InChI=1S/C24H27BrN4O/c1-16-13-17(14-21-22(16)23-20(24(30)27-21)3-2-8-26-23)15-28-9-11-29(12-10-28)19-6-4-18(25)5-7-19/h4-7,13-14,20H,2-3,8-12,15H2,1H3,(H,27,30). The van der Waals surface area contributed by atoms with E-state index in [2.05, 4.69) is 74.4 Å². The minimum absolute atomic E-state index is 0.0671. The lowest BCUT2D eigenvalue weighted by Gasteiger charge is -2.36. The van der Waals surface area contributed by atoms with E-state index < -0.39 is 0 Å². The quantitative estimate of drug-likeness (QED) is 0.735. The normalized spacial score (nSPS) is 21.5. The first-order chi connectivity index (χ1) is 14.6. The maximum Gasteiger partial charge on any atom is 0.233 e. The fourth-order valence-electron chi connectivity index (χ4n) is 4.94. The molecule has 1 saturated heterocycles. The highest BCUT2D eigenvalue weighted by Crippen LogP contribution is 2.34. The third-order valence-electron chi connectivity index (χ3n) is 6.46. The molecule has 5 nitrogen and oxygen atoms in total. The SMILES string of the molecule is Cc1cc(CN2CCN(c3ccc(Br)cc3)CC2)cc2c1C1=NCCCC1C(=O)N2. The summed E-state index contributed by atoms with van der Waals surface area (Å²) in [5.41, 5.74) is 6.88. The number of fused-ring (bicyclic) bond motifs is 3. The van der Waals surface area contributed by atoms with Gasteiger partial charge in [-0.1, -0.05) is 22.0 Å². The van der Waals surface area contributed by atoms with Gasteiger partial charge in [0.05, 0.1) is 17.3 Å². The van der Waals surface area contributed by atoms with Crippen molar-refractivity contribution in [2.75, 3.05) is 42.9 Å². The summed E-state index contributed by atoms with van der Waals surface area (Å²) in [7, 11) is 0. The summed E-state index contributed by atoms with van der Waals surface area (Å²) < 4.78 is 1.12. The zero-order chi connectivity index (χ0) is 20.7. The first-order valence-electron chi connectivity index (χ1n) is 10.8. The van der Waals surface area contributed by atoms with Gasteiger partial charge in [0.2, 0.25) is 5.91 Å². The number of anilines is 2. The van der Waals surface area contributed by atoms with Crippen LogP contribution in [0.2, 0.25) is 0 Å². The molecule has 0 aromatic heterocycles. The number of rotatable bonds is 3. The number of aryl methyl sites for hydroxylation is 1. The van der Waals surface area contributed by atoms with Crippen molar-refractivity contribution in [1.82, 2.24) is 4.90 Å². The fraction of sp³-hybridized carbons (Fsp3) is 0.417. The minimum atomic E-state index is -0.0671. The minimum Gasteiger partial charge on any atom is -0.369 e. The molecule has 30 heavy (non-hydrogen) atoms. The van der Waals surface area contributed by atoms with Crippen LogP contribution in [0.3, 0.4) is 0 Å². The zero-order valence-electron chi connectivity index (χ0n) is 17.3. The predicted octanol–water partition coefficient (Wildman–Crippen LogP) is 4.23. The van der Waals surface area contributed by atoms with Gasteiger partial charge in [0, 0.05) is 55.0 Å². The lowest BCUT2D eigenvalue weighted by molar-refractivity contribution is -0.118. The summed E-state index contributed by atoms with van der Waals surface area (Å²) in [6, 6.07) is 13.0. The zero-order valence-corrected chi connectivity index (χ0v) is 18.9. The molecule has 2 aromatic carbocycles. The number of aliphatic imine (C=N–C) groups is 1. The van der Waals surface area contributed by atoms with Crippen molar-refractivity contribution in [3.05, 3.63) is 57.6 Å². The molecule has 0 radical (unpaired) electrons. The van der Waals surface area contributed by atoms with E-state index in [4.69, 9.17) is 4.99 Å². The topological polar surface area (TPSA) is 47.9 Å². The van der Waals surface area contributed by atoms with E-state index in [1.807, 2.05) is 0 Å². The molecule has 3 aliphatic heterocycles. The van der Waals surface area contributed by atoms with Crippen LogP contribution in [-0.4, -0.2) is 49.2 Å². The van der Waals surface area contributed by atoms with E-state index >= 15 is 0 Å². The van der Waals surface area contributed by atoms with Crippen LogP contribution in [0.1, 0.15) is 29.5 Å². The molecule has 1 amide bonds. The molecule has 156 valence electrons. The molecule has 3 aliphatic rings. The van der Waals surface area contributed by atoms with E-state index in [0.29, 0.717) is 0 Å². The van der Waals surface area contributed by atoms with Crippen molar-refractivity contribution < 1.29 is 4.79 Å². The number of hydrogen-bond acceptors (Lipinski definition) is 4. The second kappa shape index (κ2) is 8.16. The molecular weight excluding hydrogens is 440 g/mol. The summed E-state index contributed by atoms with van der Waals surface area (Å²) in [6.45, 7) is 8.03. The third-order valence-corrected chi connectivity index (χ3v) is 6.99. The van der Waals surface area contributed by atoms with Crippen LogP contribution >= 0.6 is 15.9 Å².